The molecular weight excluding hydrogens is 248 g/mol. The maximum atomic E-state index is 12.1. The number of carbonyl (C=O) groups excluding carboxylic acids is 1. The van der Waals surface area contributed by atoms with Gasteiger partial charge in [-0.25, -0.2) is 0 Å². The molecule has 0 aliphatic carbocycles. The fraction of sp³-hybridized carbons (Fsp3) is 0.471. The summed E-state index contributed by atoms with van der Waals surface area (Å²) in [4.78, 5) is 14.4. The highest BCUT2D eigenvalue weighted by Gasteiger charge is 2.07. The van der Waals surface area contributed by atoms with Gasteiger partial charge in [-0.3, -0.25) is 4.79 Å². The molecule has 0 fully saturated rings. The van der Waals surface area contributed by atoms with Crippen LogP contribution in [0.4, 0.5) is 0 Å². The average Bonchev–Trinajstić information content (AvgIpc) is 2.50. The largest absolute Gasteiger partial charge is 0.351 e. The zero-order valence-corrected chi connectivity index (χ0v) is 12.9. The highest BCUT2D eigenvalue weighted by Crippen LogP contribution is 2.09. The van der Waals surface area contributed by atoms with Gasteiger partial charge in [0.25, 0.3) is 0 Å². The zero-order chi connectivity index (χ0) is 14.8. The first-order valence-electron chi connectivity index (χ1n) is 7.47. The lowest BCUT2D eigenvalue weighted by Gasteiger charge is -2.18. The van der Waals surface area contributed by atoms with E-state index in [1.54, 1.807) is 0 Å². The summed E-state index contributed by atoms with van der Waals surface area (Å²) in [5.74, 6) is 0.0449. The van der Waals surface area contributed by atoms with Crippen LogP contribution < -0.4 is 5.32 Å². The number of rotatable bonds is 8. The van der Waals surface area contributed by atoms with Gasteiger partial charge in [0.1, 0.15) is 0 Å². The first-order valence-corrected chi connectivity index (χ1v) is 7.47. The number of hydrogen-bond donors (Lipinski definition) is 1. The summed E-state index contributed by atoms with van der Waals surface area (Å²) in [5.41, 5.74) is 1.90. The molecule has 0 spiro atoms. The van der Waals surface area contributed by atoms with Crippen LogP contribution >= 0.6 is 0 Å². The molecule has 3 heteroatoms. The van der Waals surface area contributed by atoms with Gasteiger partial charge in [-0.15, -0.1) is 0 Å². The molecule has 0 heterocycles. The summed E-state index contributed by atoms with van der Waals surface area (Å²) in [7, 11) is 0. The van der Waals surface area contributed by atoms with Crippen molar-refractivity contribution in [3.8, 4) is 0 Å². The molecule has 0 saturated carbocycles. The van der Waals surface area contributed by atoms with E-state index in [0.29, 0.717) is 6.54 Å². The van der Waals surface area contributed by atoms with Crippen LogP contribution in [0.25, 0.3) is 6.08 Å². The molecule has 1 N–H and O–H groups in total. The first kappa shape index (κ1) is 16.4. The predicted octanol–water partition coefficient (Wildman–Crippen LogP) is 2.94. The first-order chi connectivity index (χ1) is 9.71. The Kier molecular flexibility index (Phi) is 7.66. The molecule has 0 aliphatic rings. The van der Waals surface area contributed by atoms with E-state index in [4.69, 9.17) is 0 Å². The van der Waals surface area contributed by atoms with Gasteiger partial charge >= 0.3 is 0 Å². The Bertz CT molecular complexity index is 422. The maximum absolute atomic E-state index is 12.1. The lowest BCUT2D eigenvalue weighted by atomic mass is 10.1. The minimum absolute atomic E-state index is 0.0449. The smallest absolute Gasteiger partial charge is 0.247 e. The van der Waals surface area contributed by atoms with Crippen molar-refractivity contribution in [1.82, 2.24) is 10.2 Å². The van der Waals surface area contributed by atoms with Gasteiger partial charge < -0.3 is 10.2 Å². The van der Waals surface area contributed by atoms with E-state index in [1.165, 1.54) is 0 Å². The minimum atomic E-state index is 0.0449. The molecule has 1 aromatic rings. The lowest BCUT2D eigenvalue weighted by Crippen LogP contribution is -2.35. The SMILES string of the molecule is CC/C(=C/c1ccccc1)C(=O)NCCN(CC)CC. The van der Waals surface area contributed by atoms with Crippen molar-refractivity contribution in [2.24, 2.45) is 0 Å². The molecule has 0 radical (unpaired) electrons. The Morgan fingerprint density at radius 2 is 1.80 bits per heavy atom. The van der Waals surface area contributed by atoms with Crippen LogP contribution in [0.2, 0.25) is 0 Å². The van der Waals surface area contributed by atoms with E-state index in [2.05, 4.69) is 24.1 Å². The van der Waals surface area contributed by atoms with Crippen molar-refractivity contribution < 1.29 is 4.79 Å². The molecule has 0 aromatic heterocycles. The van der Waals surface area contributed by atoms with E-state index in [-0.39, 0.29) is 5.91 Å². The topological polar surface area (TPSA) is 32.3 Å². The molecule has 0 saturated heterocycles. The van der Waals surface area contributed by atoms with Gasteiger partial charge in [0.15, 0.2) is 0 Å². The number of nitrogens with one attached hydrogen (secondary N) is 1. The van der Waals surface area contributed by atoms with Gasteiger partial charge in [0.2, 0.25) is 5.91 Å². The summed E-state index contributed by atoms with van der Waals surface area (Å²) >= 11 is 0. The summed E-state index contributed by atoms with van der Waals surface area (Å²) in [6, 6.07) is 9.97. The second kappa shape index (κ2) is 9.32. The Morgan fingerprint density at radius 3 is 2.35 bits per heavy atom. The molecule has 1 rings (SSSR count). The summed E-state index contributed by atoms with van der Waals surface area (Å²) in [5, 5.41) is 3.00. The Hall–Kier alpha value is -1.61. The third kappa shape index (κ3) is 5.57. The predicted molar refractivity (Wildman–Crippen MR) is 85.5 cm³/mol. The number of nitrogens with zero attached hydrogens (tertiary/aromatic N) is 1. The van der Waals surface area contributed by atoms with E-state index < -0.39 is 0 Å². The highest BCUT2D eigenvalue weighted by molar-refractivity contribution is 5.97. The van der Waals surface area contributed by atoms with E-state index >= 15 is 0 Å². The molecule has 1 aromatic carbocycles. The molecule has 20 heavy (non-hydrogen) atoms. The number of carbonyl (C=O) groups is 1. The second-order valence-corrected chi connectivity index (χ2v) is 4.72. The normalized spacial score (nSPS) is 11.7. The van der Waals surface area contributed by atoms with Crippen molar-refractivity contribution in [1.29, 1.82) is 0 Å². The Morgan fingerprint density at radius 1 is 1.15 bits per heavy atom. The minimum Gasteiger partial charge on any atom is -0.351 e. The third-order valence-corrected chi connectivity index (χ3v) is 3.42. The van der Waals surface area contributed by atoms with Crippen molar-refractivity contribution in [3.63, 3.8) is 0 Å². The molecule has 0 aliphatic heterocycles. The van der Waals surface area contributed by atoms with Crippen LogP contribution in [0, 0.1) is 0 Å². The quantitative estimate of drug-likeness (QED) is 0.739. The van der Waals surface area contributed by atoms with Gasteiger partial charge in [0, 0.05) is 18.7 Å². The Labute approximate surface area is 122 Å². The van der Waals surface area contributed by atoms with E-state index in [1.807, 2.05) is 43.3 Å². The van der Waals surface area contributed by atoms with Crippen molar-refractivity contribution in [2.45, 2.75) is 27.2 Å². The molecule has 3 nitrogen and oxygen atoms in total. The third-order valence-electron chi connectivity index (χ3n) is 3.42. The Balaban J connectivity index is 2.53. The van der Waals surface area contributed by atoms with Crippen molar-refractivity contribution in [2.75, 3.05) is 26.2 Å². The fourth-order valence-electron chi connectivity index (χ4n) is 2.06. The molecule has 0 atom stereocenters. The molecule has 0 unspecified atom stereocenters. The average molecular weight is 274 g/mol. The lowest BCUT2D eigenvalue weighted by molar-refractivity contribution is -0.117. The highest BCUT2D eigenvalue weighted by atomic mass is 16.1. The van der Waals surface area contributed by atoms with Gasteiger partial charge in [-0.05, 0) is 31.1 Å². The molecular formula is C17H26N2O. The number of hydrogen-bond acceptors (Lipinski definition) is 2. The fourth-order valence-corrected chi connectivity index (χ4v) is 2.06. The van der Waals surface area contributed by atoms with E-state index in [9.17, 15) is 4.79 Å². The second-order valence-electron chi connectivity index (χ2n) is 4.72. The van der Waals surface area contributed by atoms with Crippen LogP contribution in [0.5, 0.6) is 0 Å². The van der Waals surface area contributed by atoms with E-state index in [0.717, 1.165) is 37.2 Å². The van der Waals surface area contributed by atoms with Gasteiger partial charge in [-0.1, -0.05) is 51.1 Å². The van der Waals surface area contributed by atoms with Crippen molar-refractivity contribution in [3.05, 3.63) is 41.5 Å². The van der Waals surface area contributed by atoms with Crippen LogP contribution in [-0.2, 0) is 4.79 Å². The summed E-state index contributed by atoms with van der Waals surface area (Å²) < 4.78 is 0. The van der Waals surface area contributed by atoms with Crippen LogP contribution in [0.3, 0.4) is 0 Å². The molecule has 1 amide bonds. The van der Waals surface area contributed by atoms with Crippen molar-refractivity contribution >= 4 is 12.0 Å². The summed E-state index contributed by atoms with van der Waals surface area (Å²) in [6.45, 7) is 9.93. The number of benzene rings is 1. The molecule has 0 bridgehead atoms. The number of likely N-dealkylation sites (N-methyl/N-ethyl adjacent to an activating group) is 1. The molecule has 110 valence electrons. The van der Waals surface area contributed by atoms with Crippen LogP contribution in [0.15, 0.2) is 35.9 Å². The zero-order valence-electron chi connectivity index (χ0n) is 12.9. The maximum Gasteiger partial charge on any atom is 0.247 e. The standard InChI is InChI=1S/C17H26N2O/c1-4-16(14-15-10-8-7-9-11-15)17(20)18-12-13-19(5-2)6-3/h7-11,14H,4-6,12-13H2,1-3H3,(H,18,20)/b16-14-. The van der Waals surface area contributed by atoms with Crippen LogP contribution in [0.1, 0.15) is 32.8 Å². The van der Waals surface area contributed by atoms with Gasteiger partial charge in [0.05, 0.1) is 0 Å². The van der Waals surface area contributed by atoms with Gasteiger partial charge in [-0.2, -0.15) is 0 Å². The van der Waals surface area contributed by atoms with Crippen LogP contribution in [-0.4, -0.2) is 37.0 Å². The number of amides is 1. The monoisotopic (exact) mass is 274 g/mol. The summed E-state index contributed by atoms with van der Waals surface area (Å²) in [6.07, 6.45) is 2.71.